The van der Waals surface area contributed by atoms with E-state index in [0.29, 0.717) is 0 Å². The second-order valence-electron chi connectivity index (χ2n) is 3.76. The van der Waals surface area contributed by atoms with Crippen LogP contribution in [0.2, 0.25) is 0 Å². The standard InChI is InChI=1S/C12H17N3O2/c1-8(15-12(16)7-11(13)14)9-3-5-10(17-2)6-4-9/h3-6,8H,7H2,1-2H3,(H3,13,14)(H,15,16)/t8-/m0/s1. The summed E-state index contributed by atoms with van der Waals surface area (Å²) in [6.07, 6.45) is -0.0690. The van der Waals surface area contributed by atoms with Crippen LogP contribution in [0.3, 0.4) is 0 Å². The van der Waals surface area contributed by atoms with Crippen molar-refractivity contribution in [3.8, 4) is 5.75 Å². The molecule has 17 heavy (non-hydrogen) atoms. The molecule has 0 bridgehead atoms. The second-order valence-corrected chi connectivity index (χ2v) is 3.76. The highest BCUT2D eigenvalue weighted by atomic mass is 16.5. The van der Waals surface area contributed by atoms with E-state index in [4.69, 9.17) is 15.9 Å². The van der Waals surface area contributed by atoms with Gasteiger partial charge in [0, 0.05) is 0 Å². The summed E-state index contributed by atoms with van der Waals surface area (Å²) in [7, 11) is 1.60. The van der Waals surface area contributed by atoms with Gasteiger partial charge in [0.2, 0.25) is 5.91 Å². The Kier molecular flexibility index (Phi) is 4.51. The summed E-state index contributed by atoms with van der Waals surface area (Å²) in [4.78, 5) is 11.4. The molecule has 0 aliphatic carbocycles. The van der Waals surface area contributed by atoms with Crippen LogP contribution in [0, 0.1) is 5.41 Å². The molecule has 1 amide bonds. The lowest BCUT2D eigenvalue weighted by molar-refractivity contribution is -0.120. The number of nitrogens with one attached hydrogen (secondary N) is 2. The average Bonchev–Trinajstić information content (AvgIpc) is 2.28. The molecule has 5 nitrogen and oxygen atoms in total. The molecule has 0 radical (unpaired) electrons. The lowest BCUT2D eigenvalue weighted by Crippen LogP contribution is -2.30. The van der Waals surface area contributed by atoms with Gasteiger partial charge in [-0.25, -0.2) is 0 Å². The topological polar surface area (TPSA) is 88.2 Å². The van der Waals surface area contributed by atoms with Crippen LogP contribution in [-0.2, 0) is 4.79 Å². The van der Waals surface area contributed by atoms with Crippen LogP contribution in [0.15, 0.2) is 24.3 Å². The van der Waals surface area contributed by atoms with Crippen LogP contribution in [0.1, 0.15) is 24.9 Å². The molecule has 4 N–H and O–H groups in total. The van der Waals surface area contributed by atoms with Crippen molar-refractivity contribution in [2.45, 2.75) is 19.4 Å². The third-order valence-electron chi connectivity index (χ3n) is 2.34. The van der Waals surface area contributed by atoms with E-state index in [1.165, 1.54) is 0 Å². The van der Waals surface area contributed by atoms with Gasteiger partial charge in [0.1, 0.15) is 5.75 Å². The SMILES string of the molecule is COc1ccc([C@H](C)NC(=O)CC(=N)N)cc1. The molecular weight excluding hydrogens is 218 g/mol. The number of rotatable bonds is 5. The minimum Gasteiger partial charge on any atom is -0.497 e. The first-order valence-electron chi connectivity index (χ1n) is 5.29. The summed E-state index contributed by atoms with van der Waals surface area (Å²) >= 11 is 0. The molecule has 0 spiro atoms. The fourth-order valence-electron chi connectivity index (χ4n) is 1.44. The highest BCUT2D eigenvalue weighted by molar-refractivity contribution is 5.97. The highest BCUT2D eigenvalue weighted by Gasteiger charge is 2.10. The lowest BCUT2D eigenvalue weighted by atomic mass is 10.1. The first-order chi connectivity index (χ1) is 8.02. The lowest BCUT2D eigenvalue weighted by Gasteiger charge is -2.14. The van der Waals surface area contributed by atoms with Crippen LogP contribution >= 0.6 is 0 Å². The van der Waals surface area contributed by atoms with Crippen molar-refractivity contribution in [1.29, 1.82) is 5.41 Å². The van der Waals surface area contributed by atoms with Crippen molar-refractivity contribution in [2.75, 3.05) is 7.11 Å². The van der Waals surface area contributed by atoms with E-state index in [9.17, 15) is 4.79 Å². The average molecular weight is 235 g/mol. The Balaban J connectivity index is 2.59. The zero-order chi connectivity index (χ0) is 12.8. The fourth-order valence-corrected chi connectivity index (χ4v) is 1.44. The first kappa shape index (κ1) is 13.0. The normalized spacial score (nSPS) is 11.6. The number of benzene rings is 1. The van der Waals surface area contributed by atoms with Gasteiger partial charge in [-0.15, -0.1) is 0 Å². The maximum absolute atomic E-state index is 11.4. The Morgan fingerprint density at radius 1 is 1.47 bits per heavy atom. The number of carbonyl (C=O) groups excluding carboxylic acids is 1. The minimum atomic E-state index is -0.249. The monoisotopic (exact) mass is 235 g/mol. The molecule has 1 aromatic rings. The number of ether oxygens (including phenoxy) is 1. The number of carbonyl (C=O) groups is 1. The Morgan fingerprint density at radius 2 is 2.06 bits per heavy atom. The summed E-state index contributed by atoms with van der Waals surface area (Å²) < 4.78 is 5.05. The van der Waals surface area contributed by atoms with Crippen LogP contribution in [0.4, 0.5) is 0 Å². The number of nitrogens with two attached hydrogens (primary N) is 1. The van der Waals surface area contributed by atoms with Gasteiger partial charge >= 0.3 is 0 Å². The largest absolute Gasteiger partial charge is 0.497 e. The first-order valence-corrected chi connectivity index (χ1v) is 5.29. The van der Waals surface area contributed by atoms with E-state index >= 15 is 0 Å². The van der Waals surface area contributed by atoms with E-state index in [0.717, 1.165) is 11.3 Å². The van der Waals surface area contributed by atoms with Gasteiger partial charge < -0.3 is 15.8 Å². The molecule has 5 heteroatoms. The third kappa shape index (κ3) is 4.14. The zero-order valence-electron chi connectivity index (χ0n) is 9.99. The zero-order valence-corrected chi connectivity index (χ0v) is 9.99. The summed E-state index contributed by atoms with van der Waals surface area (Å²) in [5, 5.41) is 9.79. The maximum Gasteiger partial charge on any atom is 0.228 e. The molecule has 0 heterocycles. The molecule has 0 saturated carbocycles. The highest BCUT2D eigenvalue weighted by Crippen LogP contribution is 2.17. The third-order valence-corrected chi connectivity index (χ3v) is 2.34. The predicted octanol–water partition coefficient (Wildman–Crippen LogP) is 1.20. The molecule has 0 saturated heterocycles. The number of methoxy groups -OCH3 is 1. The number of hydrogen-bond donors (Lipinski definition) is 3. The van der Waals surface area contributed by atoms with Gasteiger partial charge in [-0.2, -0.15) is 0 Å². The van der Waals surface area contributed by atoms with E-state index in [2.05, 4.69) is 5.32 Å². The van der Waals surface area contributed by atoms with Gasteiger partial charge in [-0.05, 0) is 24.6 Å². The number of amidine groups is 1. The Hall–Kier alpha value is -2.04. The summed E-state index contributed by atoms with van der Waals surface area (Å²) in [6.45, 7) is 1.87. The van der Waals surface area contributed by atoms with Crippen LogP contribution < -0.4 is 15.8 Å². The van der Waals surface area contributed by atoms with Crippen molar-refractivity contribution in [1.82, 2.24) is 5.32 Å². The van der Waals surface area contributed by atoms with Crippen LogP contribution in [-0.4, -0.2) is 18.9 Å². The molecule has 0 aromatic heterocycles. The minimum absolute atomic E-state index is 0.0690. The van der Waals surface area contributed by atoms with Gasteiger partial charge in [-0.3, -0.25) is 10.2 Å². The molecule has 0 aliphatic heterocycles. The molecule has 0 aliphatic rings. The van der Waals surface area contributed by atoms with E-state index < -0.39 is 0 Å². The van der Waals surface area contributed by atoms with Crippen molar-refractivity contribution in [3.63, 3.8) is 0 Å². The quantitative estimate of drug-likeness (QED) is 0.529. The van der Waals surface area contributed by atoms with Gasteiger partial charge in [-0.1, -0.05) is 12.1 Å². The summed E-state index contributed by atoms with van der Waals surface area (Å²) in [5.74, 6) is 0.390. The van der Waals surface area contributed by atoms with E-state index in [-0.39, 0.29) is 24.2 Å². The molecule has 1 rings (SSSR count). The van der Waals surface area contributed by atoms with Crippen molar-refractivity contribution in [3.05, 3.63) is 29.8 Å². The Bertz CT molecular complexity index is 401. The second kappa shape index (κ2) is 5.89. The molecule has 1 aromatic carbocycles. The van der Waals surface area contributed by atoms with Crippen LogP contribution in [0.25, 0.3) is 0 Å². The predicted molar refractivity (Wildman–Crippen MR) is 66.1 cm³/mol. The number of hydrogen-bond acceptors (Lipinski definition) is 3. The van der Waals surface area contributed by atoms with Crippen LogP contribution in [0.5, 0.6) is 5.75 Å². The van der Waals surface area contributed by atoms with Gasteiger partial charge in [0.15, 0.2) is 0 Å². The Labute approximate surface area is 100 Å². The maximum atomic E-state index is 11.4. The van der Waals surface area contributed by atoms with Gasteiger partial charge in [0.25, 0.3) is 0 Å². The Morgan fingerprint density at radius 3 is 2.53 bits per heavy atom. The summed E-state index contributed by atoms with van der Waals surface area (Å²) in [5.41, 5.74) is 6.13. The van der Waals surface area contributed by atoms with E-state index in [1.54, 1.807) is 7.11 Å². The molecule has 0 unspecified atom stereocenters. The van der Waals surface area contributed by atoms with E-state index in [1.807, 2.05) is 31.2 Å². The molecular formula is C12H17N3O2. The molecule has 0 fully saturated rings. The summed E-state index contributed by atoms with van der Waals surface area (Å²) in [6, 6.07) is 7.33. The molecule has 92 valence electrons. The van der Waals surface area contributed by atoms with Crippen molar-refractivity contribution >= 4 is 11.7 Å². The smallest absolute Gasteiger partial charge is 0.228 e. The number of amides is 1. The molecule has 1 atom stereocenters. The van der Waals surface area contributed by atoms with Crippen molar-refractivity contribution in [2.24, 2.45) is 5.73 Å². The fraction of sp³-hybridized carbons (Fsp3) is 0.333. The van der Waals surface area contributed by atoms with Crippen molar-refractivity contribution < 1.29 is 9.53 Å². The van der Waals surface area contributed by atoms with Gasteiger partial charge in [0.05, 0.1) is 25.4 Å².